The molecule has 1 amide bonds. The van der Waals surface area contributed by atoms with E-state index in [0.717, 1.165) is 36.3 Å². The van der Waals surface area contributed by atoms with Crippen molar-refractivity contribution in [3.8, 4) is 0 Å². The van der Waals surface area contributed by atoms with Gasteiger partial charge in [0, 0.05) is 30.0 Å². The van der Waals surface area contributed by atoms with E-state index in [-0.39, 0.29) is 5.56 Å². The molecular weight excluding hydrogens is 317 g/mol. The second-order valence-corrected chi connectivity index (χ2v) is 6.00. The van der Waals surface area contributed by atoms with E-state index in [2.05, 4.69) is 15.6 Å². The summed E-state index contributed by atoms with van der Waals surface area (Å²) in [5, 5.41) is 6.41. The molecule has 6 heteroatoms. The van der Waals surface area contributed by atoms with Gasteiger partial charge in [0.2, 0.25) is 0 Å². The van der Waals surface area contributed by atoms with Crippen molar-refractivity contribution >= 4 is 17.5 Å². The Bertz CT molecular complexity index is 764. The summed E-state index contributed by atoms with van der Waals surface area (Å²) in [4.78, 5) is 16.6. The zero-order valence-electron chi connectivity index (χ0n) is 12.7. The molecule has 1 aliphatic rings. The molecule has 120 valence electrons. The van der Waals surface area contributed by atoms with Gasteiger partial charge >= 0.3 is 0 Å². The van der Waals surface area contributed by atoms with E-state index in [0.29, 0.717) is 11.6 Å². The molecule has 4 nitrogen and oxygen atoms in total. The number of nitrogens with one attached hydrogen (secondary N) is 2. The summed E-state index contributed by atoms with van der Waals surface area (Å²) in [6, 6.07) is 3.95. The molecule has 2 heterocycles. The van der Waals surface area contributed by atoms with Crippen molar-refractivity contribution in [3.05, 3.63) is 63.2 Å². The predicted molar refractivity (Wildman–Crippen MR) is 87.0 cm³/mol. The highest BCUT2D eigenvalue weighted by atomic mass is 35.5. The van der Waals surface area contributed by atoms with Gasteiger partial charge in [0.25, 0.3) is 5.91 Å². The monoisotopic (exact) mass is 333 g/mol. The minimum atomic E-state index is -0.582. The number of amides is 1. The first-order valence-electron chi connectivity index (χ1n) is 7.46. The van der Waals surface area contributed by atoms with Gasteiger partial charge in [0.1, 0.15) is 5.82 Å². The molecule has 2 aromatic rings. The molecule has 0 fully saturated rings. The molecule has 0 saturated heterocycles. The van der Waals surface area contributed by atoms with Crippen molar-refractivity contribution in [2.45, 2.75) is 26.4 Å². The maximum atomic E-state index is 13.8. The fourth-order valence-corrected chi connectivity index (χ4v) is 2.99. The quantitative estimate of drug-likeness (QED) is 0.908. The normalized spacial score (nSPS) is 13.5. The summed E-state index contributed by atoms with van der Waals surface area (Å²) in [5.74, 6) is -1.06. The summed E-state index contributed by atoms with van der Waals surface area (Å²) in [5.41, 5.74) is 4.23. The van der Waals surface area contributed by atoms with Gasteiger partial charge in [-0.15, -0.1) is 0 Å². The van der Waals surface area contributed by atoms with Crippen molar-refractivity contribution in [2.24, 2.45) is 0 Å². The average molecular weight is 334 g/mol. The number of hydrogen-bond donors (Lipinski definition) is 2. The van der Waals surface area contributed by atoms with Crippen LogP contribution in [0.4, 0.5) is 4.39 Å². The van der Waals surface area contributed by atoms with Crippen LogP contribution in [0.2, 0.25) is 5.02 Å². The molecule has 0 radical (unpaired) electrons. The Morgan fingerprint density at radius 2 is 2.30 bits per heavy atom. The molecule has 0 spiro atoms. The molecule has 0 aliphatic carbocycles. The lowest BCUT2D eigenvalue weighted by Crippen LogP contribution is -2.29. The lowest BCUT2D eigenvalue weighted by atomic mass is 9.96. The molecule has 0 bridgehead atoms. The first-order valence-corrected chi connectivity index (χ1v) is 7.84. The lowest BCUT2D eigenvalue weighted by molar-refractivity contribution is 0.0946. The third-order valence-electron chi connectivity index (χ3n) is 4.07. The summed E-state index contributed by atoms with van der Waals surface area (Å²) in [6.45, 7) is 3.93. The van der Waals surface area contributed by atoms with Gasteiger partial charge in [-0.3, -0.25) is 9.78 Å². The minimum absolute atomic E-state index is 0.0467. The maximum Gasteiger partial charge on any atom is 0.254 e. The molecule has 0 unspecified atom stereocenters. The third kappa shape index (κ3) is 3.35. The first kappa shape index (κ1) is 15.9. The van der Waals surface area contributed by atoms with Crippen LogP contribution >= 0.6 is 11.6 Å². The van der Waals surface area contributed by atoms with Gasteiger partial charge in [0.05, 0.1) is 5.56 Å². The second-order valence-electron chi connectivity index (χ2n) is 5.56. The highest BCUT2D eigenvalue weighted by Gasteiger charge is 2.17. The van der Waals surface area contributed by atoms with Crippen LogP contribution < -0.4 is 10.6 Å². The second kappa shape index (κ2) is 6.64. The number of benzene rings is 1. The van der Waals surface area contributed by atoms with Crippen LogP contribution in [0.25, 0.3) is 0 Å². The van der Waals surface area contributed by atoms with Crippen LogP contribution in [-0.2, 0) is 19.5 Å². The van der Waals surface area contributed by atoms with Crippen LogP contribution in [0.15, 0.2) is 24.4 Å². The number of carbonyl (C=O) groups excluding carboxylic acids is 1. The fourth-order valence-electron chi connectivity index (χ4n) is 2.81. The van der Waals surface area contributed by atoms with Crippen molar-refractivity contribution in [1.29, 1.82) is 0 Å². The standard InChI is InChI=1S/C17H17ClFN3O/c1-10-15(13-4-5-20-7-11(13)8-21-10)9-22-17(23)14-6-12(18)2-3-16(14)19/h2-3,6,8,20H,4-5,7,9H2,1H3,(H,22,23). The number of rotatable bonds is 3. The first-order chi connectivity index (χ1) is 11.1. The Hall–Kier alpha value is -1.98. The van der Waals surface area contributed by atoms with E-state index in [4.69, 9.17) is 11.6 Å². The van der Waals surface area contributed by atoms with Crippen molar-refractivity contribution < 1.29 is 9.18 Å². The van der Waals surface area contributed by atoms with Gasteiger partial charge in [-0.1, -0.05) is 11.6 Å². The Morgan fingerprint density at radius 3 is 3.13 bits per heavy atom. The maximum absolute atomic E-state index is 13.8. The summed E-state index contributed by atoms with van der Waals surface area (Å²) >= 11 is 5.83. The number of pyridine rings is 1. The van der Waals surface area contributed by atoms with Gasteiger partial charge in [0.15, 0.2) is 0 Å². The molecule has 0 atom stereocenters. The smallest absolute Gasteiger partial charge is 0.254 e. The number of halogens is 2. The van der Waals surface area contributed by atoms with E-state index < -0.39 is 11.7 Å². The predicted octanol–water partition coefficient (Wildman–Crippen LogP) is 2.76. The van der Waals surface area contributed by atoms with E-state index >= 15 is 0 Å². The lowest BCUT2D eigenvalue weighted by Gasteiger charge is -2.21. The number of carbonyl (C=O) groups is 1. The Morgan fingerprint density at radius 1 is 1.48 bits per heavy atom. The zero-order valence-corrected chi connectivity index (χ0v) is 13.5. The number of nitrogens with zero attached hydrogens (tertiary/aromatic N) is 1. The fraction of sp³-hybridized carbons (Fsp3) is 0.294. The molecule has 0 saturated carbocycles. The summed E-state index contributed by atoms with van der Waals surface area (Å²) in [6.07, 6.45) is 2.77. The minimum Gasteiger partial charge on any atom is -0.348 e. The topological polar surface area (TPSA) is 54.0 Å². The Kier molecular flexibility index (Phi) is 4.59. The number of aryl methyl sites for hydroxylation is 1. The zero-order chi connectivity index (χ0) is 16.4. The highest BCUT2D eigenvalue weighted by molar-refractivity contribution is 6.31. The molecule has 1 aromatic carbocycles. The molecule has 2 N–H and O–H groups in total. The highest BCUT2D eigenvalue weighted by Crippen LogP contribution is 2.21. The summed E-state index contributed by atoms with van der Waals surface area (Å²) < 4.78 is 13.8. The van der Waals surface area contributed by atoms with Crippen LogP contribution in [-0.4, -0.2) is 17.4 Å². The number of fused-ring (bicyclic) bond motifs is 1. The van der Waals surface area contributed by atoms with Gasteiger partial charge in [-0.25, -0.2) is 4.39 Å². The molecule has 3 rings (SSSR count). The summed E-state index contributed by atoms with van der Waals surface area (Å²) in [7, 11) is 0. The van der Waals surface area contributed by atoms with Gasteiger partial charge in [-0.2, -0.15) is 0 Å². The Labute approximate surface area is 139 Å². The molecule has 1 aromatic heterocycles. The van der Waals surface area contributed by atoms with Crippen LogP contribution in [0.1, 0.15) is 32.7 Å². The Balaban J connectivity index is 1.81. The van der Waals surface area contributed by atoms with Crippen LogP contribution in [0.5, 0.6) is 0 Å². The van der Waals surface area contributed by atoms with Gasteiger partial charge < -0.3 is 10.6 Å². The van der Waals surface area contributed by atoms with E-state index in [1.54, 1.807) is 0 Å². The van der Waals surface area contributed by atoms with Crippen LogP contribution in [0.3, 0.4) is 0 Å². The van der Waals surface area contributed by atoms with Crippen LogP contribution in [0, 0.1) is 12.7 Å². The molecular formula is C17H17ClFN3O. The van der Waals surface area contributed by atoms with E-state index in [1.165, 1.54) is 23.8 Å². The average Bonchev–Trinajstić information content (AvgIpc) is 2.56. The van der Waals surface area contributed by atoms with E-state index in [9.17, 15) is 9.18 Å². The van der Waals surface area contributed by atoms with Crippen molar-refractivity contribution in [1.82, 2.24) is 15.6 Å². The van der Waals surface area contributed by atoms with Crippen molar-refractivity contribution in [2.75, 3.05) is 6.54 Å². The third-order valence-corrected chi connectivity index (χ3v) is 4.30. The molecule has 23 heavy (non-hydrogen) atoms. The van der Waals surface area contributed by atoms with Crippen molar-refractivity contribution in [3.63, 3.8) is 0 Å². The number of hydrogen-bond acceptors (Lipinski definition) is 3. The SMILES string of the molecule is Cc1ncc2c(c1CNC(=O)c1cc(Cl)ccc1F)CCNC2. The largest absolute Gasteiger partial charge is 0.348 e. The van der Waals surface area contributed by atoms with E-state index in [1.807, 2.05) is 13.1 Å². The number of aromatic nitrogens is 1. The molecule has 1 aliphatic heterocycles. The van der Waals surface area contributed by atoms with Gasteiger partial charge in [-0.05, 0) is 54.8 Å².